The molecule has 0 aliphatic heterocycles. The second kappa shape index (κ2) is 14.8. The van der Waals surface area contributed by atoms with Gasteiger partial charge in [0.25, 0.3) is 0 Å². The highest BCUT2D eigenvalue weighted by Crippen LogP contribution is 2.28. The summed E-state index contributed by atoms with van der Waals surface area (Å²) in [5.74, 6) is -0.239. The number of thiazole rings is 1. The minimum Gasteiger partial charge on any atom is -0.353 e. The molecule has 0 saturated carbocycles. The largest absolute Gasteiger partial charge is 0.353 e. The van der Waals surface area contributed by atoms with E-state index in [2.05, 4.69) is 31.3 Å². The minimum atomic E-state index is -0.512. The zero-order chi connectivity index (χ0) is 28.4. The SMILES string of the molecule is CC(=O)C[C@@H](Cc1nc2ccc(C(C)C)cc2s1)C(=O)N[C@H](CCC(=O)/C=C/CN(C)C)Cc1ccccc1. The van der Waals surface area contributed by atoms with Crippen molar-refractivity contribution in [3.63, 3.8) is 0 Å². The number of nitrogens with zero attached hydrogens (tertiary/aromatic N) is 2. The number of ketones is 2. The summed E-state index contributed by atoms with van der Waals surface area (Å²) in [5, 5.41) is 4.03. The lowest BCUT2D eigenvalue weighted by Gasteiger charge is -2.22. The lowest BCUT2D eigenvalue weighted by Crippen LogP contribution is -2.41. The molecule has 1 heterocycles. The molecule has 3 rings (SSSR count). The first kappa shape index (κ1) is 30.4. The van der Waals surface area contributed by atoms with Crippen LogP contribution in [0.4, 0.5) is 0 Å². The van der Waals surface area contributed by atoms with Crippen LogP contribution in [-0.4, -0.2) is 54.0 Å². The number of hydrogen-bond donors (Lipinski definition) is 1. The van der Waals surface area contributed by atoms with Gasteiger partial charge in [0.05, 0.1) is 21.1 Å². The van der Waals surface area contributed by atoms with Crippen molar-refractivity contribution in [2.45, 2.75) is 64.8 Å². The number of rotatable bonds is 15. The molecule has 3 aromatic rings. The smallest absolute Gasteiger partial charge is 0.224 e. The predicted octanol–water partition coefficient (Wildman–Crippen LogP) is 5.75. The maximum absolute atomic E-state index is 13.5. The average molecular weight is 548 g/mol. The highest BCUT2D eigenvalue weighted by molar-refractivity contribution is 7.18. The van der Waals surface area contributed by atoms with E-state index in [4.69, 9.17) is 4.98 Å². The van der Waals surface area contributed by atoms with Crippen molar-refractivity contribution in [3.05, 3.63) is 76.8 Å². The number of aromatic nitrogens is 1. The Balaban J connectivity index is 1.74. The van der Waals surface area contributed by atoms with Crippen molar-refractivity contribution in [3.8, 4) is 0 Å². The van der Waals surface area contributed by atoms with Gasteiger partial charge in [-0.15, -0.1) is 11.3 Å². The van der Waals surface area contributed by atoms with Gasteiger partial charge in [-0.25, -0.2) is 4.98 Å². The molecule has 208 valence electrons. The molecule has 0 saturated heterocycles. The zero-order valence-electron chi connectivity index (χ0n) is 23.8. The van der Waals surface area contributed by atoms with Crippen molar-refractivity contribution in [2.75, 3.05) is 20.6 Å². The summed E-state index contributed by atoms with van der Waals surface area (Å²) < 4.78 is 1.10. The molecule has 0 unspecified atom stereocenters. The number of carbonyl (C=O) groups is 3. The number of benzene rings is 2. The molecule has 0 aliphatic carbocycles. The Bertz CT molecular complexity index is 1280. The summed E-state index contributed by atoms with van der Waals surface area (Å²) in [5.41, 5.74) is 3.27. The van der Waals surface area contributed by atoms with Crippen LogP contribution < -0.4 is 5.32 Å². The van der Waals surface area contributed by atoms with Gasteiger partial charge in [0, 0.05) is 31.8 Å². The first-order valence-electron chi connectivity index (χ1n) is 13.7. The third kappa shape index (κ3) is 10.2. The first-order chi connectivity index (χ1) is 18.6. The van der Waals surface area contributed by atoms with Crippen LogP contribution in [0.2, 0.25) is 0 Å². The number of Topliss-reactive ketones (excluding diaryl/α,β-unsaturated/α-hetero) is 1. The van der Waals surface area contributed by atoms with Crippen LogP contribution in [0.1, 0.15) is 62.1 Å². The Kier molecular flexibility index (Phi) is 11.6. The number of carbonyl (C=O) groups excluding carboxylic acids is 3. The van der Waals surface area contributed by atoms with Crippen molar-refractivity contribution < 1.29 is 14.4 Å². The first-order valence-corrected chi connectivity index (χ1v) is 14.5. The fraction of sp³-hybridized carbons (Fsp3) is 0.438. The second-order valence-corrected chi connectivity index (χ2v) is 12.0. The third-order valence-electron chi connectivity index (χ3n) is 6.63. The summed E-state index contributed by atoms with van der Waals surface area (Å²) in [6, 6.07) is 16.0. The summed E-state index contributed by atoms with van der Waals surface area (Å²) in [6.45, 7) is 6.55. The number of hydrogen-bond acceptors (Lipinski definition) is 6. The Morgan fingerprint density at radius 3 is 2.46 bits per heavy atom. The molecule has 1 aromatic heterocycles. The molecule has 0 bridgehead atoms. The van der Waals surface area contributed by atoms with Crippen LogP contribution in [0.5, 0.6) is 0 Å². The van der Waals surface area contributed by atoms with Crippen LogP contribution in [0, 0.1) is 5.92 Å². The summed E-state index contributed by atoms with van der Waals surface area (Å²) in [4.78, 5) is 44.9. The number of nitrogens with one attached hydrogen (secondary N) is 1. The molecule has 0 aliphatic rings. The lowest BCUT2D eigenvalue weighted by atomic mass is 9.95. The molecule has 1 amide bonds. The van der Waals surface area contributed by atoms with Crippen LogP contribution in [0.3, 0.4) is 0 Å². The summed E-state index contributed by atoms with van der Waals surface area (Å²) >= 11 is 1.59. The molecular formula is C32H41N3O3S. The molecule has 1 N–H and O–H groups in total. The standard InChI is InChI=1S/C32H41N3O3S/c1-22(2)25-13-16-29-30(20-25)39-31(34-29)21-26(18-23(3)36)32(38)33-27(19-24-10-7-6-8-11-24)14-15-28(37)12-9-17-35(4)5/h6-13,16,20,22,26-27H,14-15,17-19,21H2,1-5H3,(H,33,38)/b12-9+/t26-,27+/m0/s1. The van der Waals surface area contributed by atoms with Crippen LogP contribution in [0.15, 0.2) is 60.7 Å². The van der Waals surface area contributed by atoms with E-state index in [1.54, 1.807) is 17.4 Å². The predicted molar refractivity (Wildman–Crippen MR) is 160 cm³/mol. The topological polar surface area (TPSA) is 79.4 Å². The van der Waals surface area contributed by atoms with Gasteiger partial charge in [-0.05, 0) is 69.1 Å². The van der Waals surface area contributed by atoms with E-state index in [1.807, 2.05) is 61.5 Å². The Labute approximate surface area is 236 Å². The Morgan fingerprint density at radius 1 is 1.05 bits per heavy atom. The normalized spacial score (nSPS) is 13.3. The van der Waals surface area contributed by atoms with Gasteiger partial charge in [-0.3, -0.25) is 9.59 Å². The van der Waals surface area contributed by atoms with E-state index in [1.165, 1.54) is 12.5 Å². The minimum absolute atomic E-state index is 0.0285. The average Bonchev–Trinajstić information content (AvgIpc) is 3.28. The number of allylic oxidation sites excluding steroid dienone is 1. The summed E-state index contributed by atoms with van der Waals surface area (Å²) in [7, 11) is 3.91. The molecule has 0 radical (unpaired) electrons. The quantitative estimate of drug-likeness (QED) is 0.245. The summed E-state index contributed by atoms with van der Waals surface area (Å²) in [6.07, 6.45) is 5.53. The van der Waals surface area contributed by atoms with Gasteiger partial charge in [-0.1, -0.05) is 56.3 Å². The van der Waals surface area contributed by atoms with Gasteiger partial charge < -0.3 is 15.0 Å². The van der Waals surface area contributed by atoms with Crippen molar-refractivity contribution >= 4 is 39.0 Å². The zero-order valence-corrected chi connectivity index (χ0v) is 24.6. The van der Waals surface area contributed by atoms with Crippen LogP contribution in [-0.2, 0) is 27.2 Å². The molecule has 2 atom stereocenters. The maximum Gasteiger partial charge on any atom is 0.224 e. The molecule has 7 heteroatoms. The Morgan fingerprint density at radius 2 is 1.79 bits per heavy atom. The second-order valence-electron chi connectivity index (χ2n) is 10.9. The fourth-order valence-corrected chi connectivity index (χ4v) is 5.58. The van der Waals surface area contributed by atoms with Crippen molar-refractivity contribution in [1.29, 1.82) is 0 Å². The molecule has 0 fully saturated rings. The highest BCUT2D eigenvalue weighted by Gasteiger charge is 2.25. The van der Waals surface area contributed by atoms with E-state index in [9.17, 15) is 14.4 Å². The monoisotopic (exact) mass is 547 g/mol. The van der Waals surface area contributed by atoms with Crippen LogP contribution >= 0.6 is 11.3 Å². The fourth-order valence-electron chi connectivity index (χ4n) is 4.49. The molecule has 2 aromatic carbocycles. The highest BCUT2D eigenvalue weighted by atomic mass is 32.1. The van der Waals surface area contributed by atoms with Gasteiger partial charge in [0.1, 0.15) is 5.78 Å². The van der Waals surface area contributed by atoms with Gasteiger partial charge in [-0.2, -0.15) is 0 Å². The van der Waals surface area contributed by atoms with E-state index in [0.29, 0.717) is 38.1 Å². The van der Waals surface area contributed by atoms with Gasteiger partial charge in [0.2, 0.25) is 5.91 Å². The Hall–Kier alpha value is -3.16. The van der Waals surface area contributed by atoms with Crippen molar-refractivity contribution in [2.24, 2.45) is 5.92 Å². The number of fused-ring (bicyclic) bond motifs is 1. The van der Waals surface area contributed by atoms with E-state index in [-0.39, 0.29) is 29.9 Å². The molecule has 0 spiro atoms. The van der Waals surface area contributed by atoms with Gasteiger partial charge in [0.15, 0.2) is 5.78 Å². The van der Waals surface area contributed by atoms with E-state index in [0.717, 1.165) is 20.8 Å². The molecule has 6 nitrogen and oxygen atoms in total. The third-order valence-corrected chi connectivity index (χ3v) is 7.67. The molecular weight excluding hydrogens is 506 g/mol. The van der Waals surface area contributed by atoms with Crippen LogP contribution in [0.25, 0.3) is 10.2 Å². The molecule has 39 heavy (non-hydrogen) atoms. The maximum atomic E-state index is 13.5. The van der Waals surface area contributed by atoms with Crippen molar-refractivity contribution in [1.82, 2.24) is 15.2 Å². The number of likely N-dealkylation sites (N-methyl/N-ethyl adjacent to an activating group) is 1. The van der Waals surface area contributed by atoms with E-state index >= 15 is 0 Å². The van der Waals surface area contributed by atoms with Gasteiger partial charge >= 0.3 is 0 Å². The lowest BCUT2D eigenvalue weighted by molar-refractivity contribution is -0.129. The van der Waals surface area contributed by atoms with E-state index < -0.39 is 5.92 Å². The number of amides is 1.